The molecule has 1 heterocycles. The van der Waals surface area contributed by atoms with Gasteiger partial charge in [-0.15, -0.1) is 0 Å². The fourth-order valence-corrected chi connectivity index (χ4v) is 5.28. The van der Waals surface area contributed by atoms with E-state index in [-0.39, 0.29) is 0 Å². The van der Waals surface area contributed by atoms with Gasteiger partial charge in [-0.1, -0.05) is 26.7 Å². The first-order chi connectivity index (χ1) is 9.59. The van der Waals surface area contributed by atoms with E-state index in [4.69, 9.17) is 5.73 Å². The number of rotatable bonds is 3. The van der Waals surface area contributed by atoms with Gasteiger partial charge in [0.05, 0.1) is 0 Å². The van der Waals surface area contributed by atoms with Crippen molar-refractivity contribution in [3.05, 3.63) is 0 Å². The van der Waals surface area contributed by atoms with Crippen LogP contribution in [0.4, 0.5) is 0 Å². The smallest absolute Gasteiger partial charge is 0.0332 e. The third-order valence-corrected chi connectivity index (χ3v) is 7.12. The van der Waals surface area contributed by atoms with Crippen LogP contribution in [-0.2, 0) is 0 Å². The van der Waals surface area contributed by atoms with Crippen LogP contribution in [0.3, 0.4) is 0 Å². The molecule has 1 saturated heterocycles. The molecule has 2 saturated carbocycles. The van der Waals surface area contributed by atoms with Crippen molar-refractivity contribution in [2.75, 3.05) is 19.6 Å². The standard InChI is InChI=1S/C18H34N2/c1-15(2)16-5-12-20(13-16)18(14-19)10-8-17(9-11-18)6-3-4-7-17/h15-16H,3-14,19H2,1-2H3. The van der Waals surface area contributed by atoms with Gasteiger partial charge in [-0.05, 0) is 68.7 Å². The second-order valence-electron chi connectivity index (χ2n) is 8.37. The van der Waals surface area contributed by atoms with Gasteiger partial charge in [0.1, 0.15) is 0 Å². The molecule has 3 fully saturated rings. The first-order valence-electron chi connectivity index (χ1n) is 9.04. The fourth-order valence-electron chi connectivity index (χ4n) is 5.28. The zero-order valence-electron chi connectivity index (χ0n) is 13.7. The molecule has 0 aromatic rings. The lowest BCUT2D eigenvalue weighted by atomic mass is 9.66. The Bertz CT molecular complexity index is 320. The quantitative estimate of drug-likeness (QED) is 0.851. The molecule has 2 N–H and O–H groups in total. The molecule has 1 spiro atoms. The minimum atomic E-state index is 0.359. The van der Waals surface area contributed by atoms with Crippen LogP contribution in [0.2, 0.25) is 0 Å². The molecule has 0 radical (unpaired) electrons. The van der Waals surface area contributed by atoms with Gasteiger partial charge in [0.15, 0.2) is 0 Å². The van der Waals surface area contributed by atoms with Crippen LogP contribution in [0.5, 0.6) is 0 Å². The summed E-state index contributed by atoms with van der Waals surface area (Å²) in [6, 6.07) is 0. The molecule has 0 amide bonds. The van der Waals surface area contributed by atoms with Crippen molar-refractivity contribution in [3.63, 3.8) is 0 Å². The van der Waals surface area contributed by atoms with Crippen LogP contribution in [0.25, 0.3) is 0 Å². The van der Waals surface area contributed by atoms with Gasteiger partial charge < -0.3 is 5.73 Å². The largest absolute Gasteiger partial charge is 0.329 e. The average Bonchev–Trinajstić information content (AvgIpc) is 3.10. The van der Waals surface area contributed by atoms with E-state index < -0.39 is 0 Å². The minimum absolute atomic E-state index is 0.359. The zero-order chi connectivity index (χ0) is 14.2. The number of likely N-dealkylation sites (tertiary alicyclic amines) is 1. The predicted molar refractivity (Wildman–Crippen MR) is 85.7 cm³/mol. The Morgan fingerprint density at radius 2 is 1.70 bits per heavy atom. The van der Waals surface area contributed by atoms with Crippen molar-refractivity contribution in [3.8, 4) is 0 Å². The molecule has 3 rings (SSSR count). The SMILES string of the molecule is CC(C)C1CCN(C2(CN)CCC3(CCCC3)CC2)C1. The van der Waals surface area contributed by atoms with E-state index >= 15 is 0 Å². The second kappa shape index (κ2) is 5.61. The Morgan fingerprint density at radius 3 is 2.20 bits per heavy atom. The van der Waals surface area contributed by atoms with Crippen LogP contribution in [0, 0.1) is 17.3 Å². The number of hydrogen-bond acceptors (Lipinski definition) is 2. The van der Waals surface area contributed by atoms with E-state index in [1.54, 1.807) is 0 Å². The second-order valence-corrected chi connectivity index (χ2v) is 8.37. The zero-order valence-corrected chi connectivity index (χ0v) is 13.7. The summed E-state index contributed by atoms with van der Waals surface area (Å²) < 4.78 is 0. The highest BCUT2D eigenvalue weighted by atomic mass is 15.2. The lowest BCUT2D eigenvalue weighted by Gasteiger charge is -2.49. The molecular weight excluding hydrogens is 244 g/mol. The Hall–Kier alpha value is -0.0800. The Kier molecular flexibility index (Phi) is 4.16. The minimum Gasteiger partial charge on any atom is -0.329 e. The molecule has 2 nitrogen and oxygen atoms in total. The summed E-state index contributed by atoms with van der Waals surface area (Å²) in [5.74, 6) is 1.74. The summed E-state index contributed by atoms with van der Waals surface area (Å²) in [4.78, 5) is 2.79. The van der Waals surface area contributed by atoms with Gasteiger partial charge in [-0.2, -0.15) is 0 Å². The molecule has 116 valence electrons. The number of nitrogens with zero attached hydrogens (tertiary/aromatic N) is 1. The highest BCUT2D eigenvalue weighted by Crippen LogP contribution is 2.52. The highest BCUT2D eigenvalue weighted by molar-refractivity contribution is 5.03. The number of nitrogens with two attached hydrogens (primary N) is 1. The lowest BCUT2D eigenvalue weighted by molar-refractivity contribution is 0.0255. The van der Waals surface area contributed by atoms with Gasteiger partial charge in [-0.25, -0.2) is 0 Å². The molecule has 2 aliphatic carbocycles. The highest BCUT2D eigenvalue weighted by Gasteiger charge is 2.47. The van der Waals surface area contributed by atoms with Crippen LogP contribution >= 0.6 is 0 Å². The summed E-state index contributed by atoms with van der Waals surface area (Å²) >= 11 is 0. The topological polar surface area (TPSA) is 29.3 Å². The molecule has 2 heteroatoms. The van der Waals surface area contributed by atoms with Gasteiger partial charge in [0.2, 0.25) is 0 Å². The molecule has 0 bridgehead atoms. The van der Waals surface area contributed by atoms with E-state index in [0.29, 0.717) is 5.54 Å². The van der Waals surface area contributed by atoms with Gasteiger partial charge in [-0.3, -0.25) is 4.90 Å². The molecule has 0 aromatic heterocycles. The summed E-state index contributed by atoms with van der Waals surface area (Å²) in [6.07, 6.45) is 13.0. The summed E-state index contributed by atoms with van der Waals surface area (Å²) in [7, 11) is 0. The third-order valence-electron chi connectivity index (χ3n) is 7.12. The van der Waals surface area contributed by atoms with Crippen molar-refractivity contribution < 1.29 is 0 Å². The first-order valence-corrected chi connectivity index (χ1v) is 9.04. The number of hydrogen-bond donors (Lipinski definition) is 1. The maximum absolute atomic E-state index is 6.29. The average molecular weight is 278 g/mol. The van der Waals surface area contributed by atoms with Crippen molar-refractivity contribution in [1.29, 1.82) is 0 Å². The lowest BCUT2D eigenvalue weighted by Crippen LogP contribution is -2.56. The fraction of sp³-hybridized carbons (Fsp3) is 1.00. The maximum atomic E-state index is 6.29. The van der Waals surface area contributed by atoms with Crippen LogP contribution in [0.15, 0.2) is 0 Å². The van der Waals surface area contributed by atoms with E-state index in [9.17, 15) is 0 Å². The normalized spacial score (nSPS) is 33.3. The summed E-state index contributed by atoms with van der Waals surface area (Å²) in [6.45, 7) is 8.26. The van der Waals surface area contributed by atoms with E-state index in [1.165, 1.54) is 70.9 Å². The monoisotopic (exact) mass is 278 g/mol. The van der Waals surface area contributed by atoms with Crippen LogP contribution in [0.1, 0.15) is 71.6 Å². The Balaban J connectivity index is 1.65. The predicted octanol–water partition coefficient (Wildman–Crippen LogP) is 3.80. The van der Waals surface area contributed by atoms with Crippen molar-refractivity contribution >= 4 is 0 Å². The van der Waals surface area contributed by atoms with Crippen molar-refractivity contribution in [1.82, 2.24) is 4.90 Å². The molecule has 1 aliphatic heterocycles. The Labute approximate surface area is 125 Å². The van der Waals surface area contributed by atoms with E-state index in [2.05, 4.69) is 18.7 Å². The Morgan fingerprint density at radius 1 is 1.05 bits per heavy atom. The third kappa shape index (κ3) is 2.54. The van der Waals surface area contributed by atoms with Gasteiger partial charge in [0.25, 0.3) is 0 Å². The van der Waals surface area contributed by atoms with Crippen LogP contribution in [-0.4, -0.2) is 30.1 Å². The van der Waals surface area contributed by atoms with E-state index in [1.807, 2.05) is 0 Å². The summed E-state index contributed by atoms with van der Waals surface area (Å²) in [5.41, 5.74) is 7.38. The summed E-state index contributed by atoms with van der Waals surface area (Å²) in [5, 5.41) is 0. The maximum Gasteiger partial charge on any atom is 0.0332 e. The molecule has 1 unspecified atom stereocenters. The van der Waals surface area contributed by atoms with E-state index in [0.717, 1.165) is 23.8 Å². The van der Waals surface area contributed by atoms with Gasteiger partial charge >= 0.3 is 0 Å². The van der Waals surface area contributed by atoms with Crippen molar-refractivity contribution in [2.24, 2.45) is 23.0 Å². The molecule has 20 heavy (non-hydrogen) atoms. The van der Waals surface area contributed by atoms with Gasteiger partial charge in [0, 0.05) is 18.6 Å². The van der Waals surface area contributed by atoms with Crippen LogP contribution < -0.4 is 5.73 Å². The molecule has 3 aliphatic rings. The molecule has 0 aromatic carbocycles. The molecule has 1 atom stereocenters. The molecular formula is C18H34N2. The van der Waals surface area contributed by atoms with Crippen molar-refractivity contribution in [2.45, 2.75) is 77.2 Å². The first kappa shape index (κ1) is 14.8.